The van der Waals surface area contributed by atoms with Crippen molar-refractivity contribution >= 4 is 6.21 Å². The minimum absolute atomic E-state index is 0.119. The van der Waals surface area contributed by atoms with Crippen LogP contribution in [0.4, 0.5) is 0 Å². The fourth-order valence-electron chi connectivity index (χ4n) is 1.94. The molecule has 0 saturated carbocycles. The van der Waals surface area contributed by atoms with Gasteiger partial charge < -0.3 is 14.6 Å². The Hall–Kier alpha value is -2.49. The zero-order valence-corrected chi connectivity index (χ0v) is 12.2. The number of phenols is 1. The normalized spacial score (nSPS) is 10.8. The molecule has 110 valence electrons. The van der Waals surface area contributed by atoms with Crippen LogP contribution in [0.5, 0.6) is 17.2 Å². The van der Waals surface area contributed by atoms with Gasteiger partial charge in [0.15, 0.2) is 11.5 Å². The Kier molecular flexibility index (Phi) is 5.21. The smallest absolute Gasteiger partial charge is 0.166 e. The number of hydrogen-bond acceptors (Lipinski definition) is 4. The first-order chi connectivity index (χ1) is 10.2. The standard InChI is InChI=1S/C17H19NO3/c1-3-21-16-9-5-7-14(17(16)19)12-18-11-13-6-4-8-15(10-13)20-2/h4-10,12,19H,3,11H2,1-2H3. The molecular formula is C17H19NO3. The topological polar surface area (TPSA) is 51.0 Å². The fourth-order valence-corrected chi connectivity index (χ4v) is 1.94. The summed E-state index contributed by atoms with van der Waals surface area (Å²) in [5.41, 5.74) is 1.69. The van der Waals surface area contributed by atoms with Crippen LogP contribution < -0.4 is 9.47 Å². The number of ether oxygens (including phenoxy) is 2. The Morgan fingerprint density at radius 2 is 2.00 bits per heavy atom. The number of phenolic OH excluding ortho intramolecular Hbond substituents is 1. The highest BCUT2D eigenvalue weighted by atomic mass is 16.5. The van der Waals surface area contributed by atoms with Crippen molar-refractivity contribution in [1.29, 1.82) is 0 Å². The molecule has 0 heterocycles. The third kappa shape index (κ3) is 3.99. The van der Waals surface area contributed by atoms with E-state index in [1.54, 1.807) is 25.5 Å². The van der Waals surface area contributed by atoms with E-state index in [2.05, 4.69) is 4.99 Å². The van der Waals surface area contributed by atoms with Crippen LogP contribution in [0, 0.1) is 0 Å². The lowest BCUT2D eigenvalue weighted by atomic mass is 10.2. The van der Waals surface area contributed by atoms with Gasteiger partial charge in [-0.1, -0.05) is 18.2 Å². The van der Waals surface area contributed by atoms with Crippen molar-refractivity contribution in [3.63, 3.8) is 0 Å². The van der Waals surface area contributed by atoms with E-state index in [-0.39, 0.29) is 5.75 Å². The van der Waals surface area contributed by atoms with Crippen molar-refractivity contribution in [2.75, 3.05) is 13.7 Å². The molecule has 1 N–H and O–H groups in total. The van der Waals surface area contributed by atoms with Crippen molar-refractivity contribution in [2.24, 2.45) is 4.99 Å². The van der Waals surface area contributed by atoms with Crippen molar-refractivity contribution in [3.05, 3.63) is 53.6 Å². The van der Waals surface area contributed by atoms with Crippen LogP contribution >= 0.6 is 0 Å². The van der Waals surface area contributed by atoms with Crippen molar-refractivity contribution in [1.82, 2.24) is 0 Å². The summed E-state index contributed by atoms with van der Waals surface area (Å²) in [6, 6.07) is 13.1. The van der Waals surface area contributed by atoms with E-state index in [9.17, 15) is 5.11 Å². The summed E-state index contributed by atoms with van der Waals surface area (Å²) in [5.74, 6) is 1.40. The van der Waals surface area contributed by atoms with Gasteiger partial charge in [-0.3, -0.25) is 4.99 Å². The van der Waals surface area contributed by atoms with Gasteiger partial charge in [-0.2, -0.15) is 0 Å². The molecule has 0 unspecified atom stereocenters. The lowest BCUT2D eigenvalue weighted by Crippen LogP contribution is -1.94. The first kappa shape index (κ1) is 14.9. The summed E-state index contributed by atoms with van der Waals surface area (Å²) >= 11 is 0. The number of rotatable bonds is 6. The van der Waals surface area contributed by atoms with Crippen LogP contribution in [0.25, 0.3) is 0 Å². The van der Waals surface area contributed by atoms with Gasteiger partial charge in [0.1, 0.15) is 5.75 Å². The second kappa shape index (κ2) is 7.33. The number of aliphatic imine (C=N–C) groups is 1. The summed E-state index contributed by atoms with van der Waals surface area (Å²) < 4.78 is 10.5. The Bertz CT molecular complexity index is 623. The molecule has 2 aromatic carbocycles. The molecule has 4 heteroatoms. The Morgan fingerprint density at radius 3 is 2.76 bits per heavy atom. The number of hydrogen-bond donors (Lipinski definition) is 1. The van der Waals surface area contributed by atoms with Gasteiger partial charge >= 0.3 is 0 Å². The van der Waals surface area contributed by atoms with Crippen molar-refractivity contribution in [2.45, 2.75) is 13.5 Å². The quantitative estimate of drug-likeness (QED) is 0.827. The van der Waals surface area contributed by atoms with E-state index in [0.29, 0.717) is 24.5 Å². The Balaban J connectivity index is 2.09. The molecule has 2 rings (SSSR count). The monoisotopic (exact) mass is 285 g/mol. The lowest BCUT2D eigenvalue weighted by molar-refractivity contribution is 0.318. The van der Waals surface area contributed by atoms with Gasteiger partial charge in [-0.05, 0) is 36.8 Å². The number of para-hydroxylation sites is 1. The molecule has 2 aromatic rings. The molecule has 4 nitrogen and oxygen atoms in total. The SMILES string of the molecule is CCOc1cccc(C=NCc2cccc(OC)c2)c1O. The highest BCUT2D eigenvalue weighted by Crippen LogP contribution is 2.28. The van der Waals surface area contributed by atoms with Gasteiger partial charge in [-0.15, -0.1) is 0 Å². The maximum Gasteiger partial charge on any atom is 0.166 e. The van der Waals surface area contributed by atoms with E-state index in [1.807, 2.05) is 37.3 Å². The van der Waals surface area contributed by atoms with Gasteiger partial charge in [-0.25, -0.2) is 0 Å². The largest absolute Gasteiger partial charge is 0.504 e. The van der Waals surface area contributed by atoms with E-state index < -0.39 is 0 Å². The molecule has 0 fully saturated rings. The lowest BCUT2D eigenvalue weighted by Gasteiger charge is -2.07. The molecule has 0 radical (unpaired) electrons. The minimum atomic E-state index is 0.119. The van der Waals surface area contributed by atoms with E-state index in [4.69, 9.17) is 9.47 Å². The van der Waals surface area contributed by atoms with Crippen LogP contribution in [0.15, 0.2) is 47.5 Å². The second-order valence-corrected chi connectivity index (χ2v) is 4.45. The molecule has 0 aliphatic heterocycles. The van der Waals surface area contributed by atoms with Gasteiger partial charge in [0.25, 0.3) is 0 Å². The molecule has 0 bridgehead atoms. The van der Waals surface area contributed by atoms with Crippen molar-refractivity contribution in [3.8, 4) is 17.2 Å². The van der Waals surface area contributed by atoms with Crippen LogP contribution in [0.2, 0.25) is 0 Å². The summed E-state index contributed by atoms with van der Waals surface area (Å²) in [4.78, 5) is 4.35. The van der Waals surface area contributed by atoms with Gasteiger partial charge in [0, 0.05) is 11.8 Å². The minimum Gasteiger partial charge on any atom is -0.504 e. The highest BCUT2D eigenvalue weighted by molar-refractivity contribution is 5.84. The number of nitrogens with zero attached hydrogens (tertiary/aromatic N) is 1. The Morgan fingerprint density at radius 1 is 1.19 bits per heavy atom. The van der Waals surface area contributed by atoms with Crippen LogP contribution in [-0.4, -0.2) is 25.0 Å². The number of aromatic hydroxyl groups is 1. The molecule has 0 amide bonds. The average Bonchev–Trinajstić information content (AvgIpc) is 2.51. The molecule has 0 spiro atoms. The first-order valence-corrected chi connectivity index (χ1v) is 6.82. The molecule has 21 heavy (non-hydrogen) atoms. The summed E-state index contributed by atoms with van der Waals surface area (Å²) in [5, 5.41) is 10.1. The summed E-state index contributed by atoms with van der Waals surface area (Å²) in [6.45, 7) is 2.91. The van der Waals surface area contributed by atoms with Gasteiger partial charge in [0.05, 0.1) is 20.3 Å². The summed E-state index contributed by atoms with van der Waals surface area (Å²) in [6.07, 6.45) is 1.65. The number of benzene rings is 2. The molecule has 0 atom stereocenters. The zero-order chi connectivity index (χ0) is 15.1. The predicted octanol–water partition coefficient (Wildman–Crippen LogP) is 3.42. The maximum atomic E-state index is 10.1. The molecule has 0 aliphatic carbocycles. The molecular weight excluding hydrogens is 266 g/mol. The third-order valence-corrected chi connectivity index (χ3v) is 2.97. The van der Waals surface area contributed by atoms with E-state index in [1.165, 1.54) is 0 Å². The van der Waals surface area contributed by atoms with Crippen LogP contribution in [0.3, 0.4) is 0 Å². The summed E-state index contributed by atoms with van der Waals surface area (Å²) in [7, 11) is 1.64. The molecule has 0 saturated heterocycles. The van der Waals surface area contributed by atoms with Crippen molar-refractivity contribution < 1.29 is 14.6 Å². The number of methoxy groups -OCH3 is 1. The second-order valence-electron chi connectivity index (χ2n) is 4.45. The van der Waals surface area contributed by atoms with E-state index >= 15 is 0 Å². The first-order valence-electron chi connectivity index (χ1n) is 6.82. The highest BCUT2D eigenvalue weighted by Gasteiger charge is 2.05. The van der Waals surface area contributed by atoms with E-state index in [0.717, 1.165) is 11.3 Å². The maximum absolute atomic E-state index is 10.1. The Labute approximate surface area is 124 Å². The fraction of sp³-hybridized carbons (Fsp3) is 0.235. The average molecular weight is 285 g/mol. The zero-order valence-electron chi connectivity index (χ0n) is 12.2. The van der Waals surface area contributed by atoms with Gasteiger partial charge in [0.2, 0.25) is 0 Å². The molecule has 0 aromatic heterocycles. The predicted molar refractivity (Wildman–Crippen MR) is 83.6 cm³/mol. The third-order valence-electron chi connectivity index (χ3n) is 2.97. The van der Waals surface area contributed by atoms with Crippen LogP contribution in [0.1, 0.15) is 18.1 Å². The molecule has 0 aliphatic rings. The van der Waals surface area contributed by atoms with Crippen LogP contribution in [-0.2, 0) is 6.54 Å².